The molecular formula is C64H124O17P2. The van der Waals surface area contributed by atoms with Crippen LogP contribution in [-0.2, 0) is 65.4 Å². The average molecular weight is 1230 g/mol. The molecule has 0 radical (unpaired) electrons. The largest absolute Gasteiger partial charge is 0.472 e. The van der Waals surface area contributed by atoms with Gasteiger partial charge in [0, 0.05) is 25.7 Å². The molecule has 0 aromatic rings. The van der Waals surface area contributed by atoms with Gasteiger partial charge in [-0.15, -0.1) is 0 Å². The Morgan fingerprint density at radius 3 is 0.819 bits per heavy atom. The molecule has 0 amide bonds. The Morgan fingerprint density at radius 2 is 0.554 bits per heavy atom. The quantitative estimate of drug-likeness (QED) is 0.0222. The van der Waals surface area contributed by atoms with Crippen molar-refractivity contribution in [1.29, 1.82) is 0 Å². The minimum Gasteiger partial charge on any atom is -0.462 e. The Bertz CT molecular complexity index is 1630. The van der Waals surface area contributed by atoms with E-state index in [1.54, 1.807) is 0 Å². The van der Waals surface area contributed by atoms with E-state index < -0.39 is 97.5 Å². The smallest absolute Gasteiger partial charge is 0.462 e. The lowest BCUT2D eigenvalue weighted by atomic mass is 10.0. The first-order valence-electron chi connectivity index (χ1n) is 33.5. The third kappa shape index (κ3) is 58.8. The van der Waals surface area contributed by atoms with Gasteiger partial charge in [0.05, 0.1) is 26.4 Å². The van der Waals surface area contributed by atoms with Crippen molar-refractivity contribution in [3.8, 4) is 0 Å². The van der Waals surface area contributed by atoms with Crippen molar-refractivity contribution in [2.45, 2.75) is 336 Å². The summed E-state index contributed by atoms with van der Waals surface area (Å²) >= 11 is 0. The van der Waals surface area contributed by atoms with Gasteiger partial charge >= 0.3 is 39.5 Å². The summed E-state index contributed by atoms with van der Waals surface area (Å²) in [6.45, 7) is 9.39. The summed E-state index contributed by atoms with van der Waals surface area (Å²) < 4.78 is 67.9. The molecule has 0 saturated heterocycles. The summed E-state index contributed by atoms with van der Waals surface area (Å²) in [5.41, 5.74) is 0. The van der Waals surface area contributed by atoms with Crippen LogP contribution in [0.4, 0.5) is 0 Å². The summed E-state index contributed by atoms with van der Waals surface area (Å²) in [4.78, 5) is 72.1. The molecule has 0 aliphatic rings. The molecule has 492 valence electrons. The maximum absolute atomic E-state index is 13.0. The number of hydrogen-bond acceptors (Lipinski definition) is 15. The van der Waals surface area contributed by atoms with Gasteiger partial charge in [-0.1, -0.05) is 266 Å². The lowest BCUT2D eigenvalue weighted by Crippen LogP contribution is -2.30. The van der Waals surface area contributed by atoms with Gasteiger partial charge in [0.15, 0.2) is 12.2 Å². The van der Waals surface area contributed by atoms with Crippen molar-refractivity contribution in [2.24, 2.45) is 11.8 Å². The van der Waals surface area contributed by atoms with Crippen molar-refractivity contribution in [2.75, 3.05) is 39.6 Å². The number of aliphatic hydroxyl groups excluding tert-OH is 1. The predicted octanol–water partition coefficient (Wildman–Crippen LogP) is 17.7. The van der Waals surface area contributed by atoms with Gasteiger partial charge in [-0.3, -0.25) is 37.3 Å². The fraction of sp³-hybridized carbons (Fsp3) is 0.938. The van der Waals surface area contributed by atoms with Gasteiger partial charge in [-0.25, -0.2) is 9.13 Å². The number of rotatable bonds is 63. The number of phosphoric ester groups is 2. The highest BCUT2D eigenvalue weighted by Crippen LogP contribution is 2.45. The van der Waals surface area contributed by atoms with Gasteiger partial charge < -0.3 is 33.8 Å². The van der Waals surface area contributed by atoms with Crippen LogP contribution in [0.25, 0.3) is 0 Å². The number of unbranched alkanes of at least 4 members (excludes halogenated alkanes) is 33. The van der Waals surface area contributed by atoms with E-state index in [0.717, 1.165) is 102 Å². The second kappa shape index (κ2) is 56.6. The van der Waals surface area contributed by atoms with E-state index in [2.05, 4.69) is 41.5 Å². The monoisotopic (exact) mass is 1230 g/mol. The highest BCUT2D eigenvalue weighted by atomic mass is 31.2. The molecule has 0 aromatic carbocycles. The fourth-order valence-corrected chi connectivity index (χ4v) is 11.1. The lowest BCUT2D eigenvalue weighted by Gasteiger charge is -2.21. The zero-order chi connectivity index (χ0) is 61.5. The van der Waals surface area contributed by atoms with E-state index >= 15 is 0 Å². The zero-order valence-electron chi connectivity index (χ0n) is 53.5. The maximum Gasteiger partial charge on any atom is 0.472 e. The van der Waals surface area contributed by atoms with Gasteiger partial charge in [-0.05, 0) is 37.5 Å². The van der Waals surface area contributed by atoms with E-state index in [-0.39, 0.29) is 25.7 Å². The van der Waals surface area contributed by atoms with E-state index in [4.69, 9.17) is 37.0 Å². The van der Waals surface area contributed by atoms with E-state index in [1.165, 1.54) is 128 Å². The van der Waals surface area contributed by atoms with Crippen molar-refractivity contribution in [3.63, 3.8) is 0 Å². The molecule has 3 N–H and O–H groups in total. The molecule has 0 aliphatic carbocycles. The standard InChI is InChI=1S/C64H124O17P2/c1-7-9-11-13-15-17-18-19-20-23-30-36-42-48-63(68)80-59(53-75-62(67)47-41-35-29-24-21-22-26-32-38-44-56(3)4)54-78-82(70,71)76-50-58(65)51-77-83(72,73)79-55-60(52-74-61(66)46-40-34-28-16-14-12-10-8-2)81-64(69)49-43-37-31-25-27-33-39-45-57(5)6/h56-60,65H,7-55H2,1-6H3,(H,70,71)(H,72,73)/t58-,59-,60-/m1/s1. The number of esters is 4. The van der Waals surface area contributed by atoms with Crippen LogP contribution in [0.15, 0.2) is 0 Å². The lowest BCUT2D eigenvalue weighted by molar-refractivity contribution is -0.161. The highest BCUT2D eigenvalue weighted by molar-refractivity contribution is 7.47. The predicted molar refractivity (Wildman–Crippen MR) is 331 cm³/mol. The van der Waals surface area contributed by atoms with Gasteiger partial charge in [0.1, 0.15) is 19.3 Å². The molecule has 0 spiro atoms. The Kier molecular flexibility index (Phi) is 55.2. The van der Waals surface area contributed by atoms with Crippen LogP contribution in [0.1, 0.15) is 318 Å². The van der Waals surface area contributed by atoms with Crippen molar-refractivity contribution < 1.29 is 80.2 Å². The molecule has 0 aliphatic heterocycles. The van der Waals surface area contributed by atoms with Crippen LogP contribution >= 0.6 is 15.6 Å². The molecule has 19 heteroatoms. The van der Waals surface area contributed by atoms with Gasteiger partial charge in [-0.2, -0.15) is 0 Å². The van der Waals surface area contributed by atoms with Crippen LogP contribution in [0.2, 0.25) is 0 Å². The Labute approximate surface area is 505 Å². The highest BCUT2D eigenvalue weighted by Gasteiger charge is 2.30. The van der Waals surface area contributed by atoms with E-state index in [1.807, 2.05) is 0 Å². The SMILES string of the molecule is CCCCCCCCCCCCCCCC(=O)O[C@H](COC(=O)CCCCCCCCCCCC(C)C)COP(=O)(O)OC[C@@H](O)COP(=O)(O)OC[C@@H](COC(=O)CCCCCCCCCC)OC(=O)CCCCCCCCCC(C)C. The van der Waals surface area contributed by atoms with Crippen molar-refractivity contribution >= 4 is 39.5 Å². The van der Waals surface area contributed by atoms with Gasteiger partial charge in [0.2, 0.25) is 0 Å². The van der Waals surface area contributed by atoms with Crippen LogP contribution < -0.4 is 0 Å². The molecule has 0 fully saturated rings. The normalized spacial score (nSPS) is 14.3. The van der Waals surface area contributed by atoms with Crippen LogP contribution in [0.5, 0.6) is 0 Å². The van der Waals surface area contributed by atoms with Gasteiger partial charge in [0.25, 0.3) is 0 Å². The molecule has 2 unspecified atom stereocenters. The summed E-state index contributed by atoms with van der Waals surface area (Å²) in [5.74, 6) is -0.697. The third-order valence-corrected chi connectivity index (χ3v) is 16.6. The second-order valence-corrected chi connectivity index (χ2v) is 27.0. The molecule has 0 aromatic heterocycles. The second-order valence-electron chi connectivity index (χ2n) is 24.1. The number of ether oxygens (including phenoxy) is 4. The minimum atomic E-state index is -4.94. The Morgan fingerprint density at radius 1 is 0.325 bits per heavy atom. The molecular weight excluding hydrogens is 1100 g/mol. The molecule has 0 bridgehead atoms. The summed E-state index contributed by atoms with van der Waals surface area (Å²) in [5, 5.41) is 10.5. The number of carbonyl (C=O) groups is 4. The molecule has 83 heavy (non-hydrogen) atoms. The number of hydrogen-bond donors (Lipinski definition) is 3. The van der Waals surface area contributed by atoms with Crippen LogP contribution in [0.3, 0.4) is 0 Å². The number of phosphoric acid groups is 2. The Balaban J connectivity index is 5.23. The van der Waals surface area contributed by atoms with Crippen molar-refractivity contribution in [3.05, 3.63) is 0 Å². The Hall–Kier alpha value is -1.94. The third-order valence-electron chi connectivity index (χ3n) is 14.7. The molecule has 17 nitrogen and oxygen atoms in total. The fourth-order valence-electron chi connectivity index (χ4n) is 9.53. The zero-order valence-corrected chi connectivity index (χ0v) is 55.3. The first kappa shape index (κ1) is 81.1. The first-order chi connectivity index (χ1) is 39.9. The van der Waals surface area contributed by atoms with Crippen LogP contribution in [0, 0.1) is 11.8 Å². The molecule has 0 rings (SSSR count). The number of carbonyl (C=O) groups excluding carboxylic acids is 4. The van der Waals surface area contributed by atoms with E-state index in [9.17, 15) is 43.2 Å². The summed E-state index contributed by atoms with van der Waals surface area (Å²) in [6, 6.07) is 0. The van der Waals surface area contributed by atoms with Crippen LogP contribution in [-0.4, -0.2) is 96.7 Å². The van der Waals surface area contributed by atoms with Crippen molar-refractivity contribution in [1.82, 2.24) is 0 Å². The first-order valence-corrected chi connectivity index (χ1v) is 36.5. The maximum atomic E-state index is 13.0. The van der Waals surface area contributed by atoms with E-state index in [0.29, 0.717) is 31.6 Å². The summed E-state index contributed by atoms with van der Waals surface area (Å²) in [7, 11) is -9.88. The number of aliphatic hydroxyl groups is 1. The molecule has 5 atom stereocenters. The summed E-state index contributed by atoms with van der Waals surface area (Å²) in [6.07, 6.45) is 39.0. The minimum absolute atomic E-state index is 0.103. The molecule has 0 heterocycles. The average Bonchev–Trinajstić information content (AvgIpc) is 3.45. The topological polar surface area (TPSA) is 237 Å². The molecule has 0 saturated carbocycles.